The SMILES string of the molecule is OB(O)c1ccc2ccc3c4ccc(-c5ccccc5)cc4[nH]c3c2c1. The van der Waals surface area contributed by atoms with Gasteiger partial charge in [-0.1, -0.05) is 72.8 Å². The van der Waals surface area contributed by atoms with Crippen molar-refractivity contribution in [3.8, 4) is 11.1 Å². The molecule has 0 spiro atoms. The fraction of sp³-hybridized carbons (Fsp3) is 0. The number of hydrogen-bond donors (Lipinski definition) is 3. The van der Waals surface area contributed by atoms with Gasteiger partial charge in [0, 0.05) is 21.7 Å². The topological polar surface area (TPSA) is 56.2 Å². The molecule has 0 saturated heterocycles. The number of hydrogen-bond acceptors (Lipinski definition) is 2. The minimum atomic E-state index is -1.47. The molecular formula is C22H16BNO2. The molecule has 0 saturated carbocycles. The summed E-state index contributed by atoms with van der Waals surface area (Å²) in [5.41, 5.74) is 4.94. The predicted molar refractivity (Wildman–Crippen MR) is 109 cm³/mol. The molecule has 1 aromatic heterocycles. The number of fused-ring (bicyclic) bond motifs is 5. The third-order valence-electron chi connectivity index (χ3n) is 5.02. The summed E-state index contributed by atoms with van der Waals surface area (Å²) in [6.45, 7) is 0. The Morgan fingerprint density at radius 1 is 0.654 bits per heavy atom. The molecule has 26 heavy (non-hydrogen) atoms. The quantitative estimate of drug-likeness (QED) is 0.429. The van der Waals surface area contributed by atoms with Gasteiger partial charge in [0.05, 0.1) is 5.52 Å². The standard InChI is InChI=1S/C22H16BNO2/c25-23(26)17-9-6-15-7-11-19-18-10-8-16(14-4-2-1-3-5-14)12-21(18)24-22(19)20(15)13-17/h1-13,24-26H. The summed E-state index contributed by atoms with van der Waals surface area (Å²) < 4.78 is 0. The maximum absolute atomic E-state index is 9.50. The highest BCUT2D eigenvalue weighted by Gasteiger charge is 2.14. The van der Waals surface area contributed by atoms with E-state index in [0.29, 0.717) is 5.46 Å². The zero-order valence-corrected chi connectivity index (χ0v) is 14.0. The van der Waals surface area contributed by atoms with Gasteiger partial charge in [-0.3, -0.25) is 0 Å². The molecule has 3 N–H and O–H groups in total. The van der Waals surface area contributed by atoms with Crippen molar-refractivity contribution in [2.45, 2.75) is 0 Å². The van der Waals surface area contributed by atoms with E-state index in [9.17, 15) is 10.0 Å². The van der Waals surface area contributed by atoms with Crippen LogP contribution in [0.3, 0.4) is 0 Å². The summed E-state index contributed by atoms with van der Waals surface area (Å²) in [5, 5.41) is 23.4. The maximum atomic E-state index is 9.50. The summed E-state index contributed by atoms with van der Waals surface area (Å²) in [4.78, 5) is 3.53. The highest BCUT2D eigenvalue weighted by Crippen LogP contribution is 2.33. The van der Waals surface area contributed by atoms with Crippen molar-refractivity contribution in [2.75, 3.05) is 0 Å². The zero-order chi connectivity index (χ0) is 17.7. The average Bonchev–Trinajstić information content (AvgIpc) is 3.06. The molecule has 0 bridgehead atoms. The number of nitrogens with one attached hydrogen (secondary N) is 1. The van der Waals surface area contributed by atoms with Gasteiger partial charge in [0.1, 0.15) is 0 Å². The van der Waals surface area contributed by atoms with Crippen LogP contribution in [-0.2, 0) is 0 Å². The molecule has 4 aromatic carbocycles. The first kappa shape index (κ1) is 15.2. The van der Waals surface area contributed by atoms with Crippen LogP contribution in [0.2, 0.25) is 0 Å². The monoisotopic (exact) mass is 337 g/mol. The molecule has 1 heterocycles. The van der Waals surface area contributed by atoms with E-state index in [-0.39, 0.29) is 0 Å². The van der Waals surface area contributed by atoms with Crippen molar-refractivity contribution in [1.29, 1.82) is 0 Å². The summed E-state index contributed by atoms with van der Waals surface area (Å²) in [7, 11) is -1.47. The molecule has 0 aliphatic heterocycles. The third-order valence-corrected chi connectivity index (χ3v) is 5.02. The van der Waals surface area contributed by atoms with E-state index in [4.69, 9.17) is 0 Å². The normalized spacial score (nSPS) is 11.5. The first-order valence-electron chi connectivity index (χ1n) is 8.60. The number of aromatic nitrogens is 1. The van der Waals surface area contributed by atoms with E-state index in [1.54, 1.807) is 6.07 Å². The van der Waals surface area contributed by atoms with E-state index in [1.807, 2.05) is 30.3 Å². The van der Waals surface area contributed by atoms with Crippen LogP contribution in [0.1, 0.15) is 0 Å². The van der Waals surface area contributed by atoms with E-state index in [0.717, 1.165) is 32.6 Å². The van der Waals surface area contributed by atoms with Crippen LogP contribution in [0.15, 0.2) is 78.9 Å². The first-order valence-corrected chi connectivity index (χ1v) is 8.60. The molecule has 3 nitrogen and oxygen atoms in total. The van der Waals surface area contributed by atoms with Gasteiger partial charge >= 0.3 is 7.12 Å². The van der Waals surface area contributed by atoms with Crippen LogP contribution < -0.4 is 5.46 Å². The van der Waals surface area contributed by atoms with Crippen LogP contribution in [0, 0.1) is 0 Å². The minimum absolute atomic E-state index is 0.494. The molecular weight excluding hydrogens is 321 g/mol. The van der Waals surface area contributed by atoms with Gasteiger partial charge in [0.25, 0.3) is 0 Å². The van der Waals surface area contributed by atoms with Crippen molar-refractivity contribution in [3.05, 3.63) is 78.9 Å². The highest BCUT2D eigenvalue weighted by molar-refractivity contribution is 6.59. The minimum Gasteiger partial charge on any atom is -0.423 e. The summed E-state index contributed by atoms with van der Waals surface area (Å²) in [5.74, 6) is 0. The molecule has 0 atom stereocenters. The number of H-pyrrole nitrogens is 1. The van der Waals surface area contributed by atoms with Crippen LogP contribution in [0.5, 0.6) is 0 Å². The molecule has 5 rings (SSSR count). The predicted octanol–water partition coefficient (Wildman–Crippen LogP) is 3.82. The second-order valence-electron chi connectivity index (χ2n) is 6.59. The lowest BCUT2D eigenvalue weighted by molar-refractivity contribution is 0.426. The van der Waals surface area contributed by atoms with Gasteiger partial charge in [0.2, 0.25) is 0 Å². The lowest BCUT2D eigenvalue weighted by Gasteiger charge is -2.04. The molecule has 0 amide bonds. The van der Waals surface area contributed by atoms with Crippen molar-refractivity contribution in [2.24, 2.45) is 0 Å². The Morgan fingerprint density at radius 2 is 1.42 bits per heavy atom. The van der Waals surface area contributed by atoms with Gasteiger partial charge in [-0.15, -0.1) is 0 Å². The van der Waals surface area contributed by atoms with Crippen molar-refractivity contribution in [3.63, 3.8) is 0 Å². The Hall–Kier alpha value is -3.08. The van der Waals surface area contributed by atoms with Crippen LogP contribution >= 0.6 is 0 Å². The van der Waals surface area contributed by atoms with Gasteiger partial charge in [0.15, 0.2) is 0 Å². The van der Waals surface area contributed by atoms with Crippen LogP contribution in [0.25, 0.3) is 43.7 Å². The van der Waals surface area contributed by atoms with Gasteiger partial charge in [-0.25, -0.2) is 0 Å². The summed E-state index contributed by atoms with van der Waals surface area (Å²) in [6, 6.07) is 26.5. The van der Waals surface area contributed by atoms with Crippen LogP contribution in [0.4, 0.5) is 0 Å². The highest BCUT2D eigenvalue weighted by atomic mass is 16.4. The largest absolute Gasteiger partial charge is 0.488 e. The Morgan fingerprint density at radius 3 is 2.23 bits per heavy atom. The van der Waals surface area contributed by atoms with E-state index in [1.165, 1.54) is 11.1 Å². The second-order valence-corrected chi connectivity index (χ2v) is 6.59. The lowest BCUT2D eigenvalue weighted by Crippen LogP contribution is -2.29. The molecule has 124 valence electrons. The smallest absolute Gasteiger partial charge is 0.423 e. The molecule has 0 unspecified atom stereocenters. The number of benzene rings is 4. The molecule has 0 fully saturated rings. The van der Waals surface area contributed by atoms with Gasteiger partial charge in [-0.2, -0.15) is 0 Å². The van der Waals surface area contributed by atoms with Gasteiger partial charge < -0.3 is 15.0 Å². The fourth-order valence-electron chi connectivity index (χ4n) is 3.68. The molecule has 0 aliphatic rings. The van der Waals surface area contributed by atoms with Gasteiger partial charge in [-0.05, 0) is 28.0 Å². The molecule has 0 aliphatic carbocycles. The second kappa shape index (κ2) is 5.73. The first-order chi connectivity index (χ1) is 12.7. The molecule has 5 aromatic rings. The van der Waals surface area contributed by atoms with Crippen molar-refractivity contribution < 1.29 is 10.0 Å². The number of aromatic amines is 1. The van der Waals surface area contributed by atoms with Crippen molar-refractivity contribution in [1.82, 2.24) is 4.98 Å². The lowest BCUT2D eigenvalue weighted by atomic mass is 9.79. The number of rotatable bonds is 2. The molecule has 0 radical (unpaired) electrons. The van der Waals surface area contributed by atoms with Crippen molar-refractivity contribution >= 4 is 45.2 Å². The maximum Gasteiger partial charge on any atom is 0.488 e. The van der Waals surface area contributed by atoms with Crippen LogP contribution in [-0.4, -0.2) is 22.2 Å². The summed E-state index contributed by atoms with van der Waals surface area (Å²) in [6.07, 6.45) is 0. The molecule has 4 heteroatoms. The Kier molecular flexibility index (Phi) is 3.35. The third kappa shape index (κ3) is 2.31. The van der Waals surface area contributed by atoms with E-state index in [2.05, 4.69) is 47.4 Å². The Labute approximate surface area is 150 Å². The van der Waals surface area contributed by atoms with E-state index >= 15 is 0 Å². The Bertz CT molecular complexity index is 1260. The summed E-state index contributed by atoms with van der Waals surface area (Å²) >= 11 is 0. The Balaban J connectivity index is 1.79. The van der Waals surface area contributed by atoms with E-state index < -0.39 is 7.12 Å². The fourth-order valence-corrected chi connectivity index (χ4v) is 3.68. The zero-order valence-electron chi connectivity index (χ0n) is 14.0. The average molecular weight is 337 g/mol.